The highest BCUT2D eigenvalue weighted by atomic mass is 19.4. The molecule has 31 heavy (non-hydrogen) atoms. The summed E-state index contributed by atoms with van der Waals surface area (Å²) in [6.07, 6.45) is 0. The zero-order chi connectivity index (χ0) is 25.4. The van der Waals surface area contributed by atoms with Crippen molar-refractivity contribution in [2.75, 3.05) is 0 Å². The molecule has 0 heterocycles. The molecule has 0 aliphatic heterocycles. The van der Waals surface area contributed by atoms with Crippen molar-refractivity contribution in [3.05, 3.63) is 0 Å². The van der Waals surface area contributed by atoms with Gasteiger partial charge in [0, 0.05) is 0 Å². The summed E-state index contributed by atoms with van der Waals surface area (Å²) in [4.78, 5) is 43.0. The third-order valence-electron chi connectivity index (χ3n) is 3.58. The molecule has 0 bridgehead atoms. The summed E-state index contributed by atoms with van der Waals surface area (Å²) in [7, 11) is 0. The Morgan fingerprint density at radius 1 is 0.581 bits per heavy atom. The Morgan fingerprint density at radius 2 is 0.806 bits per heavy atom. The molecule has 8 nitrogen and oxygen atoms in total. The number of rotatable bonds is 10. The lowest BCUT2D eigenvalue weighted by atomic mass is 9.93. The maximum atomic E-state index is 13.6. The topological polar surface area (TPSA) is 133 Å². The van der Waals surface area contributed by atoms with Crippen LogP contribution in [0.4, 0.5) is 43.9 Å². The van der Waals surface area contributed by atoms with E-state index in [2.05, 4.69) is 0 Å². The monoisotopic (exact) mass is 482 g/mol. The van der Waals surface area contributed by atoms with Crippen LogP contribution in [-0.4, -0.2) is 75.7 Å². The van der Waals surface area contributed by atoms with Crippen molar-refractivity contribution < 1.29 is 73.3 Å². The minimum atomic E-state index is -7.80. The van der Waals surface area contributed by atoms with E-state index in [0.29, 0.717) is 24.5 Å². The minimum absolute atomic E-state index is 0.378. The Hall–Kier alpha value is -2.82. The highest BCUT2D eigenvalue weighted by Crippen LogP contribution is 2.57. The first-order valence-electron chi connectivity index (χ1n) is 7.46. The van der Waals surface area contributed by atoms with Crippen LogP contribution in [-0.2, 0) is 19.2 Å². The van der Waals surface area contributed by atoms with Gasteiger partial charge < -0.3 is 20.8 Å². The number of hydrogen-bond donors (Lipinski definition) is 4. The molecule has 0 aliphatic carbocycles. The van der Waals surface area contributed by atoms with E-state index in [9.17, 15) is 63.1 Å². The largest absolute Gasteiger partial charge is 0.480 e. The van der Waals surface area contributed by atoms with Gasteiger partial charge in [-0.05, 0) is 13.8 Å². The van der Waals surface area contributed by atoms with Gasteiger partial charge >= 0.3 is 41.6 Å². The molecule has 0 aromatic rings. The molecule has 0 spiro atoms. The quantitative estimate of drug-likeness (QED) is 0.348. The summed E-state index contributed by atoms with van der Waals surface area (Å²) < 4.78 is 136. The Labute approximate surface area is 164 Å². The van der Waals surface area contributed by atoms with E-state index in [1.807, 2.05) is 0 Å². The molecule has 0 radical (unpaired) electrons. The SMILES string of the molecule is CC(NC(=O)C(F)(F)C(F)(F)C(F)(F)C(F)(F)C(F)(F)C(=O)NC(C)C(=O)O)C(=O)O. The lowest BCUT2D eigenvalue weighted by Gasteiger charge is -2.38. The van der Waals surface area contributed by atoms with Gasteiger partial charge in [-0.1, -0.05) is 0 Å². The van der Waals surface area contributed by atoms with Gasteiger partial charge in [-0.3, -0.25) is 19.2 Å². The molecule has 0 fully saturated rings. The number of alkyl halides is 10. The van der Waals surface area contributed by atoms with Crippen molar-refractivity contribution in [2.24, 2.45) is 0 Å². The van der Waals surface area contributed by atoms with E-state index in [4.69, 9.17) is 10.2 Å². The van der Waals surface area contributed by atoms with Crippen LogP contribution in [0, 0.1) is 0 Å². The number of carbonyl (C=O) groups is 4. The fraction of sp³-hybridized carbons (Fsp3) is 0.692. The normalized spacial score (nSPS) is 15.6. The second-order valence-electron chi connectivity index (χ2n) is 5.94. The average Bonchev–Trinajstić information content (AvgIpc) is 2.60. The van der Waals surface area contributed by atoms with Crippen molar-refractivity contribution in [1.82, 2.24) is 10.6 Å². The van der Waals surface area contributed by atoms with Gasteiger partial charge in [0.2, 0.25) is 0 Å². The number of halogens is 10. The molecule has 2 atom stereocenters. The molecule has 0 aliphatic rings. The molecule has 2 unspecified atom stereocenters. The van der Waals surface area contributed by atoms with Gasteiger partial charge in [-0.25, -0.2) is 0 Å². The van der Waals surface area contributed by atoms with E-state index in [0.717, 1.165) is 0 Å². The Kier molecular flexibility index (Phi) is 7.61. The van der Waals surface area contributed by atoms with Crippen LogP contribution >= 0.6 is 0 Å². The molecule has 0 aromatic carbocycles. The first-order chi connectivity index (χ1) is 13.5. The molecular weight excluding hydrogens is 470 g/mol. The van der Waals surface area contributed by atoms with E-state index in [1.54, 1.807) is 0 Å². The standard InChI is InChI=1S/C13H12F10N2O6/c1-3(5(26)27)24-7(30)9(14,15)11(18,19)13(22,23)12(20,21)10(16,17)8(31)25-4(2)6(28)29/h3-4H,1-2H3,(H,24,30)(H,25,31)(H,26,27)(H,28,29). The van der Waals surface area contributed by atoms with Crippen molar-refractivity contribution in [3.8, 4) is 0 Å². The van der Waals surface area contributed by atoms with Crippen LogP contribution in [0.25, 0.3) is 0 Å². The number of aliphatic carboxylic acids is 2. The summed E-state index contributed by atoms with van der Waals surface area (Å²) in [5, 5.41) is 17.9. The summed E-state index contributed by atoms with van der Waals surface area (Å²) in [6, 6.07) is -4.85. The molecule has 4 N–H and O–H groups in total. The lowest BCUT2D eigenvalue weighted by Crippen LogP contribution is -2.72. The molecular formula is C13H12F10N2O6. The summed E-state index contributed by atoms with van der Waals surface area (Å²) in [6.45, 7) is 0.757. The van der Waals surface area contributed by atoms with Crippen molar-refractivity contribution in [2.45, 2.75) is 55.5 Å². The van der Waals surface area contributed by atoms with Gasteiger partial charge in [0.25, 0.3) is 11.8 Å². The van der Waals surface area contributed by atoms with Crippen LogP contribution in [0.1, 0.15) is 13.8 Å². The van der Waals surface area contributed by atoms with Crippen molar-refractivity contribution >= 4 is 23.8 Å². The predicted octanol–water partition coefficient (Wildman–Crippen LogP) is 1.34. The smallest absolute Gasteiger partial charge is 0.392 e. The number of carboxylic acids is 2. The predicted molar refractivity (Wildman–Crippen MR) is 75.2 cm³/mol. The zero-order valence-corrected chi connectivity index (χ0v) is 15.0. The van der Waals surface area contributed by atoms with Gasteiger partial charge in [0.05, 0.1) is 0 Å². The van der Waals surface area contributed by atoms with Crippen molar-refractivity contribution in [3.63, 3.8) is 0 Å². The fourth-order valence-corrected chi connectivity index (χ4v) is 1.57. The van der Waals surface area contributed by atoms with Crippen LogP contribution < -0.4 is 10.6 Å². The molecule has 0 saturated carbocycles. The highest BCUT2D eigenvalue weighted by Gasteiger charge is 2.89. The Bertz CT molecular complexity index is 697. The van der Waals surface area contributed by atoms with Gasteiger partial charge in [-0.2, -0.15) is 43.9 Å². The highest BCUT2D eigenvalue weighted by molar-refractivity contribution is 5.90. The van der Waals surface area contributed by atoms with Crippen LogP contribution in [0.2, 0.25) is 0 Å². The Balaban J connectivity index is 6.21. The van der Waals surface area contributed by atoms with E-state index in [1.165, 1.54) is 0 Å². The number of hydrogen-bond acceptors (Lipinski definition) is 4. The zero-order valence-electron chi connectivity index (χ0n) is 15.0. The number of carboxylic acid groups (broad SMARTS) is 2. The van der Waals surface area contributed by atoms with Crippen LogP contribution in [0.15, 0.2) is 0 Å². The van der Waals surface area contributed by atoms with Gasteiger partial charge in [0.15, 0.2) is 0 Å². The minimum Gasteiger partial charge on any atom is -0.480 e. The molecule has 2 amide bonds. The molecule has 0 rings (SSSR count). The second-order valence-corrected chi connectivity index (χ2v) is 5.94. The summed E-state index contributed by atoms with van der Waals surface area (Å²) in [5.41, 5.74) is 0. The summed E-state index contributed by atoms with van der Waals surface area (Å²) in [5.74, 6) is -48.1. The maximum Gasteiger partial charge on any atom is 0.392 e. The van der Waals surface area contributed by atoms with E-state index >= 15 is 0 Å². The third-order valence-corrected chi connectivity index (χ3v) is 3.58. The third kappa shape index (κ3) is 4.60. The van der Waals surface area contributed by atoms with E-state index in [-0.39, 0.29) is 0 Å². The number of nitrogens with one attached hydrogen (secondary N) is 2. The van der Waals surface area contributed by atoms with E-state index < -0.39 is 65.4 Å². The average molecular weight is 482 g/mol. The first kappa shape index (κ1) is 28.2. The molecule has 180 valence electrons. The van der Waals surface area contributed by atoms with Crippen LogP contribution in [0.3, 0.4) is 0 Å². The number of amides is 2. The maximum absolute atomic E-state index is 13.6. The fourth-order valence-electron chi connectivity index (χ4n) is 1.57. The molecule has 0 aromatic heterocycles. The number of carbonyl (C=O) groups excluding carboxylic acids is 2. The van der Waals surface area contributed by atoms with Crippen LogP contribution in [0.5, 0.6) is 0 Å². The molecule has 0 saturated heterocycles. The lowest BCUT2D eigenvalue weighted by molar-refractivity contribution is -0.388. The molecule has 18 heteroatoms. The van der Waals surface area contributed by atoms with Crippen molar-refractivity contribution in [1.29, 1.82) is 0 Å². The second kappa shape index (κ2) is 8.37. The van der Waals surface area contributed by atoms with Gasteiger partial charge in [-0.15, -0.1) is 0 Å². The van der Waals surface area contributed by atoms with Gasteiger partial charge in [0.1, 0.15) is 12.1 Å². The Morgan fingerprint density at radius 3 is 1.00 bits per heavy atom. The first-order valence-corrected chi connectivity index (χ1v) is 7.46. The summed E-state index contributed by atoms with van der Waals surface area (Å²) >= 11 is 0.